The van der Waals surface area contributed by atoms with Crippen LogP contribution in [0.4, 0.5) is 4.79 Å². The number of rotatable bonds is 6. The van der Waals surface area contributed by atoms with E-state index in [-0.39, 0.29) is 23.6 Å². The minimum atomic E-state index is -0.0922. The molecule has 3 amide bonds. The van der Waals surface area contributed by atoms with Gasteiger partial charge in [0.15, 0.2) is 0 Å². The quantitative estimate of drug-likeness (QED) is 0.673. The van der Waals surface area contributed by atoms with Crippen LogP contribution in [0, 0.1) is 31.6 Å². The van der Waals surface area contributed by atoms with Crippen LogP contribution >= 0.6 is 0 Å². The van der Waals surface area contributed by atoms with E-state index in [1.165, 1.54) is 24.8 Å². The number of piperidine rings is 1. The van der Waals surface area contributed by atoms with Crippen molar-refractivity contribution in [2.45, 2.75) is 83.3 Å². The molecule has 1 aromatic carbocycles. The fourth-order valence-electron chi connectivity index (χ4n) is 7.23. The van der Waals surface area contributed by atoms with Crippen molar-refractivity contribution in [2.24, 2.45) is 17.8 Å². The summed E-state index contributed by atoms with van der Waals surface area (Å²) >= 11 is 0. The van der Waals surface area contributed by atoms with Crippen LogP contribution in [0.5, 0.6) is 5.75 Å². The van der Waals surface area contributed by atoms with Crippen LogP contribution < -0.4 is 15.4 Å². The van der Waals surface area contributed by atoms with Gasteiger partial charge in [-0.3, -0.25) is 4.79 Å². The number of amides is 3. The summed E-state index contributed by atoms with van der Waals surface area (Å²) in [7, 11) is 0. The largest absolute Gasteiger partial charge is 0.490 e. The summed E-state index contributed by atoms with van der Waals surface area (Å²) in [6.07, 6.45) is 9.73. The van der Waals surface area contributed by atoms with E-state index in [1.807, 2.05) is 4.90 Å². The molecule has 0 unspecified atom stereocenters. The molecule has 180 valence electrons. The van der Waals surface area contributed by atoms with Crippen LogP contribution in [0.1, 0.15) is 68.9 Å². The number of urea groups is 1. The molecule has 0 spiro atoms. The van der Waals surface area contributed by atoms with Crippen molar-refractivity contribution in [3.8, 4) is 5.75 Å². The van der Waals surface area contributed by atoms with Crippen molar-refractivity contribution in [1.29, 1.82) is 0 Å². The maximum absolute atomic E-state index is 12.7. The summed E-state index contributed by atoms with van der Waals surface area (Å²) in [5.41, 5.74) is 2.36. The number of likely N-dealkylation sites (tertiary alicyclic amines) is 1. The molecular formula is C27H39N3O3. The number of hydrogen-bond donors (Lipinski definition) is 2. The second-order valence-electron chi connectivity index (χ2n) is 11.3. The molecular weight excluding hydrogens is 414 g/mol. The molecule has 5 aliphatic rings. The maximum atomic E-state index is 12.7. The fourth-order valence-corrected chi connectivity index (χ4v) is 7.23. The predicted molar refractivity (Wildman–Crippen MR) is 128 cm³/mol. The molecule has 6 rings (SSSR count). The van der Waals surface area contributed by atoms with Crippen molar-refractivity contribution in [2.75, 3.05) is 19.6 Å². The molecule has 4 aliphatic carbocycles. The van der Waals surface area contributed by atoms with Gasteiger partial charge in [-0.1, -0.05) is 12.1 Å². The summed E-state index contributed by atoms with van der Waals surface area (Å²) in [5.74, 6) is 3.49. The Hall–Kier alpha value is -2.24. The molecule has 6 nitrogen and oxygen atoms in total. The first-order valence-corrected chi connectivity index (χ1v) is 13.0. The van der Waals surface area contributed by atoms with Crippen LogP contribution in [0.25, 0.3) is 0 Å². The first-order chi connectivity index (χ1) is 15.9. The highest BCUT2D eigenvalue weighted by Gasteiger charge is 2.51. The Morgan fingerprint density at radius 1 is 1.03 bits per heavy atom. The number of carbonyl (C=O) groups excluding carboxylic acids is 2. The predicted octanol–water partition coefficient (Wildman–Crippen LogP) is 4.33. The Kier molecular flexibility index (Phi) is 6.28. The molecule has 0 atom stereocenters. The van der Waals surface area contributed by atoms with Crippen molar-refractivity contribution in [3.63, 3.8) is 0 Å². The van der Waals surface area contributed by atoms with Crippen LogP contribution in [-0.4, -0.2) is 48.1 Å². The molecule has 1 aromatic rings. The zero-order valence-electron chi connectivity index (χ0n) is 20.2. The Morgan fingerprint density at radius 3 is 2.30 bits per heavy atom. The van der Waals surface area contributed by atoms with Gasteiger partial charge < -0.3 is 20.3 Å². The van der Waals surface area contributed by atoms with Gasteiger partial charge in [0, 0.05) is 44.4 Å². The monoisotopic (exact) mass is 453 g/mol. The van der Waals surface area contributed by atoms with E-state index >= 15 is 0 Å². The van der Waals surface area contributed by atoms with Gasteiger partial charge in [0.1, 0.15) is 11.9 Å². The number of ether oxygens (including phenoxy) is 1. The number of benzene rings is 1. The lowest BCUT2D eigenvalue weighted by Gasteiger charge is -2.56. The third-order valence-corrected chi connectivity index (χ3v) is 8.47. The lowest BCUT2D eigenvalue weighted by Crippen LogP contribution is -2.61. The van der Waals surface area contributed by atoms with Crippen LogP contribution in [-0.2, 0) is 4.79 Å². The maximum Gasteiger partial charge on any atom is 0.315 e. The van der Waals surface area contributed by atoms with Crippen LogP contribution in [0.15, 0.2) is 18.2 Å². The van der Waals surface area contributed by atoms with E-state index in [9.17, 15) is 9.59 Å². The van der Waals surface area contributed by atoms with E-state index in [0.717, 1.165) is 61.2 Å². The van der Waals surface area contributed by atoms with Crippen LogP contribution in [0.3, 0.4) is 0 Å². The van der Waals surface area contributed by atoms with Crippen molar-refractivity contribution >= 4 is 11.9 Å². The third kappa shape index (κ3) is 5.15. The first-order valence-electron chi connectivity index (χ1n) is 13.0. The average Bonchev–Trinajstić information content (AvgIpc) is 2.75. The molecule has 1 aliphatic heterocycles. The van der Waals surface area contributed by atoms with E-state index in [0.29, 0.717) is 26.1 Å². The number of hydrogen-bond acceptors (Lipinski definition) is 3. The molecule has 4 bridgehead atoms. The fraction of sp³-hybridized carbons (Fsp3) is 0.704. The second-order valence-corrected chi connectivity index (χ2v) is 11.3. The Balaban J connectivity index is 1.02. The molecule has 0 radical (unpaired) electrons. The lowest BCUT2D eigenvalue weighted by molar-refractivity contribution is -0.132. The normalized spacial score (nSPS) is 30.8. The number of nitrogens with zero attached hydrogens (tertiary/aromatic N) is 1. The van der Waals surface area contributed by atoms with Gasteiger partial charge >= 0.3 is 6.03 Å². The van der Waals surface area contributed by atoms with E-state index in [1.54, 1.807) is 0 Å². The van der Waals surface area contributed by atoms with Gasteiger partial charge in [-0.15, -0.1) is 0 Å². The third-order valence-electron chi connectivity index (χ3n) is 8.47. The van der Waals surface area contributed by atoms with Gasteiger partial charge in [-0.25, -0.2) is 4.79 Å². The standard InChI is InChI=1S/C27H39N3O3/c1-18-3-4-19(2)24(11-18)33-23-6-9-30(10-7-23)25(31)5-8-28-26(32)29-27-15-20-12-21(16-27)14-22(13-20)17-27/h3-4,11,20-23H,5-10,12-17H2,1-2H3,(H2,28,29,32). The van der Waals surface area contributed by atoms with Gasteiger partial charge in [0.2, 0.25) is 5.91 Å². The van der Waals surface area contributed by atoms with E-state index < -0.39 is 0 Å². The number of nitrogens with one attached hydrogen (secondary N) is 2. The summed E-state index contributed by atoms with van der Waals surface area (Å²) in [6.45, 7) is 5.97. The van der Waals surface area contributed by atoms with E-state index in [2.05, 4.69) is 42.7 Å². The summed E-state index contributed by atoms with van der Waals surface area (Å²) in [6, 6.07) is 6.19. The Bertz CT molecular complexity index is 855. The molecule has 5 fully saturated rings. The van der Waals surface area contributed by atoms with Crippen molar-refractivity contribution in [3.05, 3.63) is 29.3 Å². The zero-order valence-corrected chi connectivity index (χ0v) is 20.2. The summed E-state index contributed by atoms with van der Waals surface area (Å²) in [5, 5.41) is 6.28. The smallest absolute Gasteiger partial charge is 0.315 e. The van der Waals surface area contributed by atoms with Crippen molar-refractivity contribution < 1.29 is 14.3 Å². The van der Waals surface area contributed by atoms with Gasteiger partial charge in [0.05, 0.1) is 0 Å². The van der Waals surface area contributed by atoms with E-state index in [4.69, 9.17) is 4.74 Å². The minimum absolute atomic E-state index is 0.0143. The highest BCUT2D eigenvalue weighted by molar-refractivity contribution is 5.78. The molecule has 0 aromatic heterocycles. The zero-order chi connectivity index (χ0) is 23.0. The molecule has 6 heteroatoms. The molecule has 4 saturated carbocycles. The average molecular weight is 454 g/mol. The highest BCUT2D eigenvalue weighted by Crippen LogP contribution is 2.55. The molecule has 1 saturated heterocycles. The lowest BCUT2D eigenvalue weighted by atomic mass is 9.53. The van der Waals surface area contributed by atoms with Crippen molar-refractivity contribution in [1.82, 2.24) is 15.5 Å². The first kappa shape index (κ1) is 22.5. The summed E-state index contributed by atoms with van der Waals surface area (Å²) in [4.78, 5) is 27.2. The molecule has 1 heterocycles. The Labute approximate surface area is 197 Å². The topological polar surface area (TPSA) is 70.7 Å². The van der Waals surface area contributed by atoms with Gasteiger partial charge in [-0.05, 0) is 87.3 Å². The molecule has 33 heavy (non-hydrogen) atoms. The van der Waals surface area contributed by atoms with Crippen LogP contribution in [0.2, 0.25) is 0 Å². The number of carbonyl (C=O) groups is 2. The molecule has 2 N–H and O–H groups in total. The minimum Gasteiger partial charge on any atom is -0.490 e. The summed E-state index contributed by atoms with van der Waals surface area (Å²) < 4.78 is 6.22. The SMILES string of the molecule is Cc1ccc(C)c(OC2CCN(C(=O)CCNC(=O)NC34CC5CC(CC(C5)C3)C4)CC2)c1. The van der Waals surface area contributed by atoms with Gasteiger partial charge in [0.25, 0.3) is 0 Å². The number of aryl methyl sites for hydroxylation is 2. The highest BCUT2D eigenvalue weighted by atomic mass is 16.5. The van der Waals surface area contributed by atoms with Gasteiger partial charge in [-0.2, -0.15) is 0 Å². The second kappa shape index (κ2) is 9.19. The Morgan fingerprint density at radius 2 is 1.67 bits per heavy atom.